The number of hydrogen-bond acceptors (Lipinski definition) is 4. The molecule has 6 heteroatoms. The van der Waals surface area contributed by atoms with Crippen molar-refractivity contribution in [1.82, 2.24) is 5.32 Å². The molecule has 4 nitrogen and oxygen atoms in total. The van der Waals surface area contributed by atoms with Crippen molar-refractivity contribution in [3.63, 3.8) is 0 Å². The Morgan fingerprint density at radius 2 is 1.76 bits per heavy atom. The normalized spacial score (nSPS) is 11.6. The van der Waals surface area contributed by atoms with Gasteiger partial charge < -0.3 is 10.6 Å². The number of halogens is 1. The fraction of sp³-hybridized carbons (Fsp3) is 0.0526. The highest BCUT2D eigenvalue weighted by Crippen LogP contribution is 2.17. The molecule has 2 aromatic carbocycles. The van der Waals surface area contributed by atoms with Crippen LogP contribution in [0.4, 0.5) is 5.69 Å². The van der Waals surface area contributed by atoms with Crippen molar-refractivity contribution in [3.8, 4) is 0 Å². The van der Waals surface area contributed by atoms with Gasteiger partial charge in [0.05, 0.1) is 4.88 Å². The van der Waals surface area contributed by atoms with E-state index in [1.807, 2.05) is 11.4 Å². The van der Waals surface area contributed by atoms with E-state index in [2.05, 4.69) is 10.6 Å². The lowest BCUT2D eigenvalue weighted by Gasteiger charge is -2.20. The average molecular weight is 371 g/mol. The largest absolute Gasteiger partial charge is 0.359 e. The van der Waals surface area contributed by atoms with Gasteiger partial charge in [-0.2, -0.15) is 0 Å². The summed E-state index contributed by atoms with van der Waals surface area (Å²) >= 11 is 7.32. The number of thiophene rings is 1. The molecule has 0 unspecified atom stereocenters. The van der Waals surface area contributed by atoms with Gasteiger partial charge in [-0.15, -0.1) is 11.3 Å². The summed E-state index contributed by atoms with van der Waals surface area (Å²) in [6.45, 7) is 0. The lowest BCUT2D eigenvalue weighted by Crippen LogP contribution is -2.46. The Bertz CT molecular complexity index is 866. The number of carbonyl (C=O) groups is 2. The second-order valence-corrected chi connectivity index (χ2v) is 6.65. The van der Waals surface area contributed by atoms with Crippen LogP contribution in [0.1, 0.15) is 20.0 Å². The van der Waals surface area contributed by atoms with Crippen LogP contribution in [0, 0.1) is 0 Å². The fourth-order valence-corrected chi connectivity index (χ4v) is 3.11. The molecule has 0 saturated carbocycles. The SMILES string of the molecule is O=C(N[C@@H](Nc1cccc(Cl)c1)C(=O)c1ccccc1)c1cccs1. The second kappa shape index (κ2) is 7.96. The lowest BCUT2D eigenvalue weighted by molar-refractivity contribution is 0.0872. The number of Topliss-reactive ketones (excluding diaryl/α,β-unsaturated/α-hetero) is 1. The zero-order valence-corrected chi connectivity index (χ0v) is 14.7. The number of rotatable bonds is 6. The first-order chi connectivity index (χ1) is 12.1. The van der Waals surface area contributed by atoms with E-state index in [0.29, 0.717) is 21.2 Å². The van der Waals surface area contributed by atoms with E-state index >= 15 is 0 Å². The van der Waals surface area contributed by atoms with Crippen molar-refractivity contribution in [1.29, 1.82) is 0 Å². The van der Waals surface area contributed by atoms with E-state index in [0.717, 1.165) is 0 Å². The minimum absolute atomic E-state index is 0.231. The van der Waals surface area contributed by atoms with Crippen molar-refractivity contribution in [2.75, 3.05) is 5.32 Å². The van der Waals surface area contributed by atoms with Crippen LogP contribution in [0.2, 0.25) is 5.02 Å². The van der Waals surface area contributed by atoms with E-state index in [1.165, 1.54) is 11.3 Å². The monoisotopic (exact) mass is 370 g/mol. The van der Waals surface area contributed by atoms with Crippen LogP contribution in [0.5, 0.6) is 0 Å². The molecule has 0 fully saturated rings. The first kappa shape index (κ1) is 17.2. The molecule has 1 heterocycles. The summed E-state index contributed by atoms with van der Waals surface area (Å²) in [7, 11) is 0. The first-order valence-corrected chi connectivity index (χ1v) is 8.85. The van der Waals surface area contributed by atoms with E-state index in [-0.39, 0.29) is 11.7 Å². The van der Waals surface area contributed by atoms with E-state index < -0.39 is 6.17 Å². The van der Waals surface area contributed by atoms with Gasteiger partial charge >= 0.3 is 0 Å². The molecule has 126 valence electrons. The summed E-state index contributed by atoms with van der Waals surface area (Å²) < 4.78 is 0. The third-order valence-corrected chi connectivity index (χ3v) is 4.58. The van der Waals surface area contributed by atoms with Crippen LogP contribution >= 0.6 is 22.9 Å². The molecule has 25 heavy (non-hydrogen) atoms. The molecule has 0 spiro atoms. The Balaban J connectivity index is 1.85. The summed E-state index contributed by atoms with van der Waals surface area (Å²) in [5.74, 6) is -0.538. The molecular weight excluding hydrogens is 356 g/mol. The highest BCUT2D eigenvalue weighted by molar-refractivity contribution is 7.12. The molecule has 2 N–H and O–H groups in total. The Morgan fingerprint density at radius 1 is 0.960 bits per heavy atom. The Labute approximate surface area is 154 Å². The molecule has 0 aliphatic heterocycles. The van der Waals surface area contributed by atoms with Gasteiger partial charge in [-0.05, 0) is 29.6 Å². The number of anilines is 1. The maximum absolute atomic E-state index is 12.8. The van der Waals surface area contributed by atoms with E-state index in [9.17, 15) is 9.59 Å². The third kappa shape index (κ3) is 4.47. The van der Waals surface area contributed by atoms with E-state index in [1.54, 1.807) is 60.7 Å². The van der Waals surface area contributed by atoms with Gasteiger partial charge in [0.2, 0.25) is 5.78 Å². The van der Waals surface area contributed by atoms with Gasteiger partial charge in [0.15, 0.2) is 6.17 Å². The van der Waals surface area contributed by atoms with Crippen LogP contribution in [-0.2, 0) is 0 Å². The van der Waals surface area contributed by atoms with Gasteiger partial charge in [0, 0.05) is 16.3 Å². The Morgan fingerprint density at radius 3 is 2.44 bits per heavy atom. The van der Waals surface area contributed by atoms with Crippen molar-refractivity contribution in [2.45, 2.75) is 6.17 Å². The summed E-state index contributed by atoms with van der Waals surface area (Å²) in [4.78, 5) is 25.8. The molecule has 1 aromatic heterocycles. The lowest BCUT2D eigenvalue weighted by atomic mass is 10.1. The standard InChI is InChI=1S/C19H15ClN2O2S/c20-14-8-4-9-15(12-14)21-18(17(23)13-6-2-1-3-7-13)22-19(24)16-10-5-11-25-16/h1-12,18,21H,(H,22,24)/t18-/m1/s1. The second-order valence-electron chi connectivity index (χ2n) is 5.27. The Hall–Kier alpha value is -2.63. The maximum atomic E-state index is 12.8. The molecule has 0 aliphatic carbocycles. The van der Waals surface area contributed by atoms with Crippen LogP contribution in [0.15, 0.2) is 72.1 Å². The van der Waals surface area contributed by atoms with Crippen LogP contribution in [0.25, 0.3) is 0 Å². The smallest absolute Gasteiger partial charge is 0.263 e. The van der Waals surface area contributed by atoms with Gasteiger partial charge in [0.25, 0.3) is 5.91 Å². The molecular formula is C19H15ClN2O2S. The van der Waals surface area contributed by atoms with Crippen LogP contribution < -0.4 is 10.6 Å². The minimum Gasteiger partial charge on any atom is -0.359 e. The van der Waals surface area contributed by atoms with E-state index in [4.69, 9.17) is 11.6 Å². The maximum Gasteiger partial charge on any atom is 0.263 e. The van der Waals surface area contributed by atoms with Gasteiger partial charge in [-0.3, -0.25) is 9.59 Å². The van der Waals surface area contributed by atoms with Gasteiger partial charge in [-0.25, -0.2) is 0 Å². The first-order valence-electron chi connectivity index (χ1n) is 7.59. The van der Waals surface area contributed by atoms with Crippen molar-refractivity contribution in [2.24, 2.45) is 0 Å². The van der Waals surface area contributed by atoms with Crippen LogP contribution in [-0.4, -0.2) is 17.9 Å². The fourth-order valence-electron chi connectivity index (χ4n) is 2.29. The molecule has 0 bridgehead atoms. The predicted molar refractivity (Wildman–Crippen MR) is 101 cm³/mol. The quantitative estimate of drug-likeness (QED) is 0.497. The molecule has 3 aromatic rings. The van der Waals surface area contributed by atoms with Crippen molar-refractivity contribution in [3.05, 3.63) is 87.6 Å². The highest BCUT2D eigenvalue weighted by atomic mass is 35.5. The molecule has 3 rings (SSSR count). The molecule has 0 radical (unpaired) electrons. The Kier molecular flexibility index (Phi) is 5.48. The van der Waals surface area contributed by atoms with Crippen LogP contribution in [0.3, 0.4) is 0 Å². The zero-order chi connectivity index (χ0) is 17.6. The molecule has 1 amide bonds. The summed E-state index contributed by atoms with van der Waals surface area (Å²) in [6, 6.07) is 19.3. The molecule has 1 atom stereocenters. The third-order valence-electron chi connectivity index (χ3n) is 3.48. The summed E-state index contributed by atoms with van der Waals surface area (Å²) in [5.41, 5.74) is 1.15. The van der Waals surface area contributed by atoms with Crippen molar-refractivity contribution < 1.29 is 9.59 Å². The number of nitrogens with one attached hydrogen (secondary N) is 2. The van der Waals surface area contributed by atoms with Gasteiger partial charge in [-0.1, -0.05) is 54.1 Å². The molecule has 0 saturated heterocycles. The zero-order valence-electron chi connectivity index (χ0n) is 13.1. The number of ketones is 1. The number of benzene rings is 2. The topological polar surface area (TPSA) is 58.2 Å². The summed E-state index contributed by atoms with van der Waals surface area (Å²) in [5, 5.41) is 8.16. The number of amides is 1. The minimum atomic E-state index is -0.907. The average Bonchev–Trinajstić information content (AvgIpc) is 3.16. The van der Waals surface area contributed by atoms with Gasteiger partial charge in [0.1, 0.15) is 0 Å². The predicted octanol–water partition coefficient (Wildman–Crippen LogP) is 4.45. The number of carbonyl (C=O) groups excluding carboxylic acids is 2. The molecule has 0 aliphatic rings. The summed E-state index contributed by atoms with van der Waals surface area (Å²) in [6.07, 6.45) is -0.907. The van der Waals surface area contributed by atoms with Crippen molar-refractivity contribution >= 4 is 40.3 Å². The number of hydrogen-bond donors (Lipinski definition) is 2. The highest BCUT2D eigenvalue weighted by Gasteiger charge is 2.23.